The Bertz CT molecular complexity index is 684. The molecule has 1 aliphatic rings. The van der Waals surface area contributed by atoms with Crippen molar-refractivity contribution in [3.05, 3.63) is 47.9 Å². The fourth-order valence-corrected chi connectivity index (χ4v) is 3.00. The molecule has 1 aliphatic heterocycles. The summed E-state index contributed by atoms with van der Waals surface area (Å²) in [5.41, 5.74) is 0.482. The second-order valence-electron chi connectivity index (χ2n) is 6.07. The third-order valence-corrected chi connectivity index (χ3v) is 4.32. The van der Waals surface area contributed by atoms with Gasteiger partial charge < -0.3 is 19.6 Å². The van der Waals surface area contributed by atoms with E-state index in [-0.39, 0.29) is 11.7 Å². The maximum atomic E-state index is 12.2. The van der Waals surface area contributed by atoms with E-state index < -0.39 is 0 Å². The molecule has 3 rings (SSSR count). The number of carbonyl (C=O) groups is 1. The highest BCUT2D eigenvalue weighted by molar-refractivity contribution is 5.94. The van der Waals surface area contributed by atoms with Crippen LogP contribution >= 0.6 is 0 Å². The van der Waals surface area contributed by atoms with Crippen molar-refractivity contribution in [2.45, 2.75) is 13.0 Å². The monoisotopic (exact) mass is 330 g/mol. The number of rotatable bonds is 6. The zero-order valence-electron chi connectivity index (χ0n) is 13.7. The molecule has 0 unspecified atom stereocenters. The van der Waals surface area contributed by atoms with Crippen molar-refractivity contribution in [2.75, 3.05) is 26.7 Å². The summed E-state index contributed by atoms with van der Waals surface area (Å²) in [6.45, 7) is 3.40. The molecule has 2 N–H and O–H groups in total. The Morgan fingerprint density at radius 1 is 1.46 bits per heavy atom. The van der Waals surface area contributed by atoms with Crippen molar-refractivity contribution >= 4 is 5.91 Å². The van der Waals surface area contributed by atoms with Gasteiger partial charge in [-0.25, -0.2) is 0 Å². The van der Waals surface area contributed by atoms with Crippen LogP contribution in [0.15, 0.2) is 41.0 Å². The number of hydrogen-bond acceptors (Lipinski definition) is 5. The molecule has 1 amide bonds. The van der Waals surface area contributed by atoms with Crippen molar-refractivity contribution in [2.24, 2.45) is 5.92 Å². The van der Waals surface area contributed by atoms with Crippen LogP contribution in [-0.2, 0) is 6.54 Å². The van der Waals surface area contributed by atoms with Crippen molar-refractivity contribution in [3.63, 3.8) is 0 Å². The molecule has 0 aliphatic carbocycles. The van der Waals surface area contributed by atoms with Gasteiger partial charge in [0.15, 0.2) is 11.5 Å². The van der Waals surface area contributed by atoms with Crippen LogP contribution in [0.25, 0.3) is 0 Å². The molecule has 6 nitrogen and oxygen atoms in total. The minimum atomic E-state index is -0.155. The lowest BCUT2D eigenvalue weighted by Gasteiger charge is -2.15. The first-order valence-corrected chi connectivity index (χ1v) is 8.05. The number of phenolic OH excluding ortho intramolecular Hbond substituents is 1. The summed E-state index contributed by atoms with van der Waals surface area (Å²) >= 11 is 0. The van der Waals surface area contributed by atoms with Crippen molar-refractivity contribution in [3.8, 4) is 11.5 Å². The Hall–Kier alpha value is -2.47. The Morgan fingerprint density at radius 2 is 2.33 bits per heavy atom. The predicted octanol–water partition coefficient (Wildman–Crippen LogP) is 2.25. The normalized spacial score (nSPS) is 17.8. The van der Waals surface area contributed by atoms with Crippen LogP contribution in [0.4, 0.5) is 0 Å². The molecule has 2 heterocycles. The van der Waals surface area contributed by atoms with Gasteiger partial charge in [0.05, 0.1) is 19.9 Å². The number of nitrogens with zero attached hydrogens (tertiary/aromatic N) is 1. The molecule has 1 aromatic heterocycles. The fourth-order valence-electron chi connectivity index (χ4n) is 3.00. The number of methoxy groups -OCH3 is 1. The van der Waals surface area contributed by atoms with Crippen LogP contribution < -0.4 is 10.1 Å². The van der Waals surface area contributed by atoms with Gasteiger partial charge in [-0.05, 0) is 49.2 Å². The SMILES string of the molecule is COc1cc(C(=O)NC[C@H]2CCN(Cc3ccco3)C2)ccc1O. The maximum absolute atomic E-state index is 12.2. The second-order valence-corrected chi connectivity index (χ2v) is 6.07. The Kier molecular flexibility index (Phi) is 5.05. The van der Waals surface area contributed by atoms with E-state index in [9.17, 15) is 9.90 Å². The summed E-state index contributed by atoms with van der Waals surface area (Å²) in [5, 5.41) is 12.5. The number of carbonyl (C=O) groups excluding carboxylic acids is 1. The van der Waals surface area contributed by atoms with E-state index in [1.54, 1.807) is 18.4 Å². The minimum Gasteiger partial charge on any atom is -0.504 e. The number of hydrogen-bond donors (Lipinski definition) is 2. The first kappa shape index (κ1) is 16.4. The van der Waals surface area contributed by atoms with Crippen LogP contribution in [0.2, 0.25) is 0 Å². The summed E-state index contributed by atoms with van der Waals surface area (Å²) < 4.78 is 10.4. The molecular formula is C18H22N2O4. The number of furan rings is 1. The van der Waals surface area contributed by atoms with Gasteiger partial charge in [-0.1, -0.05) is 0 Å². The van der Waals surface area contributed by atoms with Crippen LogP contribution in [-0.4, -0.2) is 42.7 Å². The largest absolute Gasteiger partial charge is 0.504 e. The molecule has 24 heavy (non-hydrogen) atoms. The van der Waals surface area contributed by atoms with Crippen LogP contribution in [0.5, 0.6) is 11.5 Å². The van der Waals surface area contributed by atoms with Gasteiger partial charge in [0, 0.05) is 18.7 Å². The standard InChI is InChI=1S/C18H22N2O4/c1-23-17-9-14(4-5-16(17)21)18(22)19-10-13-6-7-20(11-13)12-15-3-2-8-24-15/h2-5,8-9,13,21H,6-7,10-12H2,1H3,(H,19,22)/t13-/m1/s1. The quantitative estimate of drug-likeness (QED) is 0.850. The number of likely N-dealkylation sites (tertiary alicyclic amines) is 1. The smallest absolute Gasteiger partial charge is 0.251 e. The Labute approximate surface area is 141 Å². The summed E-state index contributed by atoms with van der Waals surface area (Å²) in [4.78, 5) is 14.6. The average Bonchev–Trinajstić information content (AvgIpc) is 3.25. The van der Waals surface area contributed by atoms with E-state index in [0.29, 0.717) is 23.8 Å². The lowest BCUT2D eigenvalue weighted by Crippen LogP contribution is -2.30. The number of nitrogens with one attached hydrogen (secondary N) is 1. The highest BCUT2D eigenvalue weighted by Gasteiger charge is 2.23. The van der Waals surface area contributed by atoms with E-state index in [1.165, 1.54) is 13.2 Å². The molecule has 0 radical (unpaired) electrons. The first-order valence-electron chi connectivity index (χ1n) is 8.05. The average molecular weight is 330 g/mol. The van der Waals surface area contributed by atoms with Gasteiger partial charge >= 0.3 is 0 Å². The molecule has 0 spiro atoms. The number of aromatic hydroxyl groups is 1. The lowest BCUT2D eigenvalue weighted by molar-refractivity contribution is 0.0947. The third kappa shape index (κ3) is 3.89. The summed E-state index contributed by atoms with van der Waals surface area (Å²) in [5.74, 6) is 1.57. The molecule has 1 aromatic carbocycles. The van der Waals surface area contributed by atoms with Gasteiger partial charge in [0.25, 0.3) is 5.91 Å². The van der Waals surface area contributed by atoms with E-state index >= 15 is 0 Å². The van der Waals surface area contributed by atoms with E-state index in [0.717, 1.165) is 31.8 Å². The molecule has 1 saturated heterocycles. The molecular weight excluding hydrogens is 308 g/mol. The molecule has 1 fully saturated rings. The Morgan fingerprint density at radius 3 is 3.08 bits per heavy atom. The highest BCUT2D eigenvalue weighted by atomic mass is 16.5. The van der Waals surface area contributed by atoms with Gasteiger partial charge in [-0.2, -0.15) is 0 Å². The van der Waals surface area contributed by atoms with Crippen molar-refractivity contribution in [1.29, 1.82) is 0 Å². The molecule has 6 heteroatoms. The lowest BCUT2D eigenvalue weighted by atomic mass is 10.1. The molecule has 2 aromatic rings. The van der Waals surface area contributed by atoms with Gasteiger partial charge in [0.2, 0.25) is 0 Å². The minimum absolute atomic E-state index is 0.0263. The zero-order chi connectivity index (χ0) is 16.9. The number of benzene rings is 1. The van der Waals surface area contributed by atoms with Crippen LogP contribution in [0.1, 0.15) is 22.5 Å². The maximum Gasteiger partial charge on any atom is 0.251 e. The summed E-state index contributed by atoms with van der Waals surface area (Å²) in [7, 11) is 1.46. The van der Waals surface area contributed by atoms with E-state index in [4.69, 9.17) is 9.15 Å². The molecule has 128 valence electrons. The number of amides is 1. The number of phenols is 1. The summed E-state index contributed by atoms with van der Waals surface area (Å²) in [6.07, 6.45) is 2.74. The third-order valence-electron chi connectivity index (χ3n) is 4.32. The Balaban J connectivity index is 1.48. The fraction of sp³-hybridized carbons (Fsp3) is 0.389. The van der Waals surface area contributed by atoms with E-state index in [2.05, 4.69) is 10.2 Å². The van der Waals surface area contributed by atoms with Crippen LogP contribution in [0.3, 0.4) is 0 Å². The highest BCUT2D eigenvalue weighted by Crippen LogP contribution is 2.26. The van der Waals surface area contributed by atoms with E-state index in [1.807, 2.05) is 12.1 Å². The number of ether oxygens (including phenoxy) is 1. The molecule has 0 saturated carbocycles. The van der Waals surface area contributed by atoms with Gasteiger partial charge in [0.1, 0.15) is 5.76 Å². The molecule has 1 atom stereocenters. The summed E-state index contributed by atoms with van der Waals surface area (Å²) in [6, 6.07) is 8.48. The van der Waals surface area contributed by atoms with Crippen molar-refractivity contribution < 1.29 is 19.1 Å². The second kappa shape index (κ2) is 7.40. The predicted molar refractivity (Wildman–Crippen MR) is 89.1 cm³/mol. The van der Waals surface area contributed by atoms with Crippen molar-refractivity contribution in [1.82, 2.24) is 10.2 Å². The van der Waals surface area contributed by atoms with Gasteiger partial charge in [-0.15, -0.1) is 0 Å². The molecule has 0 bridgehead atoms. The van der Waals surface area contributed by atoms with Crippen LogP contribution in [0, 0.1) is 5.92 Å². The van der Waals surface area contributed by atoms with Gasteiger partial charge in [-0.3, -0.25) is 9.69 Å². The first-order chi connectivity index (χ1) is 11.7. The zero-order valence-corrected chi connectivity index (χ0v) is 13.7. The topological polar surface area (TPSA) is 74.9 Å².